The Morgan fingerprint density at radius 1 is 1.03 bits per heavy atom. The lowest BCUT2D eigenvalue weighted by molar-refractivity contribution is -0.140. The van der Waals surface area contributed by atoms with Crippen LogP contribution in [0.2, 0.25) is 0 Å². The fourth-order valence-corrected chi connectivity index (χ4v) is 5.48. The fraction of sp³-hybridized carbons (Fsp3) is 0.120. The van der Waals surface area contributed by atoms with Crippen molar-refractivity contribution in [2.24, 2.45) is 0 Å². The summed E-state index contributed by atoms with van der Waals surface area (Å²) in [5.41, 5.74) is -1.97. The number of carboxylic acid groups (broad SMARTS) is 1. The van der Waals surface area contributed by atoms with Crippen LogP contribution in [0.5, 0.6) is 0 Å². The van der Waals surface area contributed by atoms with E-state index in [9.17, 15) is 32.7 Å². The molecule has 0 radical (unpaired) electrons. The Morgan fingerprint density at radius 3 is 2.49 bits per heavy atom. The smallest absolute Gasteiger partial charge is 0.416 e. The van der Waals surface area contributed by atoms with Gasteiger partial charge in [0.2, 0.25) is 5.78 Å². The van der Waals surface area contributed by atoms with Crippen molar-refractivity contribution in [3.05, 3.63) is 94.0 Å². The number of carboxylic acids is 1. The zero-order valence-electron chi connectivity index (χ0n) is 17.7. The number of nitrogens with zero attached hydrogens (tertiary/aromatic N) is 2. The van der Waals surface area contributed by atoms with Crippen molar-refractivity contribution < 1.29 is 27.9 Å². The standard InChI is InChI=1S/C25H15F3N2O4S/c26-25(27,28)15-8-3-7-14(11-15)19-20(29-24(34)30-18(23(32)33)12-35-22(19)30)21(31)17-10-4-6-13-5-1-2-9-16(13)17/h1-11,18H,12H2,(H,32,33). The molecule has 1 N–H and O–H groups in total. The Labute approximate surface area is 200 Å². The molecule has 10 heteroatoms. The van der Waals surface area contributed by atoms with Crippen molar-refractivity contribution in [3.8, 4) is 11.1 Å². The first-order chi connectivity index (χ1) is 16.7. The molecule has 1 atom stereocenters. The molecular weight excluding hydrogens is 481 g/mol. The number of carbonyl (C=O) groups excluding carboxylic acids is 1. The lowest BCUT2D eigenvalue weighted by Crippen LogP contribution is -2.32. The van der Waals surface area contributed by atoms with Crippen LogP contribution < -0.4 is 5.69 Å². The van der Waals surface area contributed by atoms with E-state index in [1.165, 1.54) is 12.1 Å². The minimum Gasteiger partial charge on any atom is -0.480 e. The molecule has 0 saturated carbocycles. The molecule has 0 saturated heterocycles. The molecule has 1 aromatic heterocycles. The van der Waals surface area contributed by atoms with Crippen molar-refractivity contribution in [1.82, 2.24) is 9.55 Å². The number of rotatable bonds is 4. The third kappa shape index (κ3) is 3.89. The van der Waals surface area contributed by atoms with E-state index in [1.807, 2.05) is 0 Å². The van der Waals surface area contributed by atoms with E-state index >= 15 is 0 Å². The maximum absolute atomic E-state index is 13.7. The summed E-state index contributed by atoms with van der Waals surface area (Å²) in [5, 5.41) is 11.0. The number of benzene rings is 3. The molecule has 1 unspecified atom stereocenters. The van der Waals surface area contributed by atoms with E-state index in [0.29, 0.717) is 5.39 Å². The number of hydrogen-bond donors (Lipinski definition) is 1. The number of aliphatic carboxylic acids is 1. The largest absolute Gasteiger partial charge is 0.480 e. The SMILES string of the molecule is O=C(c1nc(=O)n2c(c1-c1cccc(C(F)(F)F)c1)SCC2C(=O)O)c1cccc2ccccc12. The molecule has 35 heavy (non-hydrogen) atoms. The summed E-state index contributed by atoms with van der Waals surface area (Å²) < 4.78 is 41.3. The van der Waals surface area contributed by atoms with Gasteiger partial charge in [0.1, 0.15) is 11.7 Å². The highest BCUT2D eigenvalue weighted by molar-refractivity contribution is 7.99. The van der Waals surface area contributed by atoms with Crippen LogP contribution in [0, 0.1) is 0 Å². The summed E-state index contributed by atoms with van der Waals surface area (Å²) >= 11 is 0.992. The van der Waals surface area contributed by atoms with Gasteiger partial charge in [-0.25, -0.2) is 9.59 Å². The van der Waals surface area contributed by atoms with Gasteiger partial charge in [-0.2, -0.15) is 18.2 Å². The average Bonchev–Trinajstić information content (AvgIpc) is 3.29. The van der Waals surface area contributed by atoms with Crippen LogP contribution in [-0.2, 0) is 11.0 Å². The molecule has 0 spiro atoms. The van der Waals surface area contributed by atoms with Crippen molar-refractivity contribution in [1.29, 1.82) is 0 Å². The number of thioether (sulfide) groups is 1. The molecule has 0 amide bonds. The van der Waals surface area contributed by atoms with Crippen LogP contribution >= 0.6 is 11.8 Å². The number of ketones is 1. The van der Waals surface area contributed by atoms with Gasteiger partial charge in [-0.15, -0.1) is 11.8 Å². The average molecular weight is 496 g/mol. The molecule has 0 bridgehead atoms. The van der Waals surface area contributed by atoms with Gasteiger partial charge in [-0.3, -0.25) is 9.36 Å². The predicted molar refractivity (Wildman–Crippen MR) is 124 cm³/mol. The maximum atomic E-state index is 13.7. The zero-order chi connectivity index (χ0) is 24.9. The minimum absolute atomic E-state index is 0.00221. The molecule has 176 valence electrons. The number of aromatic nitrogens is 2. The number of fused-ring (bicyclic) bond motifs is 2. The Balaban J connectivity index is 1.81. The van der Waals surface area contributed by atoms with Crippen LogP contribution in [0.15, 0.2) is 76.6 Å². The lowest BCUT2D eigenvalue weighted by atomic mass is 9.95. The lowest BCUT2D eigenvalue weighted by Gasteiger charge is -2.16. The number of halogens is 3. The van der Waals surface area contributed by atoms with E-state index in [1.54, 1.807) is 42.5 Å². The summed E-state index contributed by atoms with van der Waals surface area (Å²) in [6, 6.07) is 15.2. The molecule has 0 fully saturated rings. The van der Waals surface area contributed by atoms with E-state index in [4.69, 9.17) is 0 Å². The zero-order valence-corrected chi connectivity index (χ0v) is 18.6. The quantitative estimate of drug-likeness (QED) is 0.314. The van der Waals surface area contributed by atoms with E-state index in [0.717, 1.165) is 33.8 Å². The molecule has 2 heterocycles. The number of hydrogen-bond acceptors (Lipinski definition) is 5. The van der Waals surface area contributed by atoms with Crippen molar-refractivity contribution in [2.75, 3.05) is 5.75 Å². The molecule has 4 aromatic rings. The Morgan fingerprint density at radius 2 is 1.74 bits per heavy atom. The second kappa shape index (κ2) is 8.38. The van der Waals surface area contributed by atoms with E-state index in [-0.39, 0.29) is 33.2 Å². The van der Waals surface area contributed by atoms with Gasteiger partial charge in [0.25, 0.3) is 0 Å². The first-order valence-electron chi connectivity index (χ1n) is 10.4. The highest BCUT2D eigenvalue weighted by Gasteiger charge is 2.37. The second-order valence-corrected chi connectivity index (χ2v) is 8.90. The number of carbonyl (C=O) groups is 2. The monoisotopic (exact) mass is 496 g/mol. The van der Waals surface area contributed by atoms with Crippen LogP contribution in [-0.4, -0.2) is 32.2 Å². The Bertz CT molecular complexity index is 1570. The summed E-state index contributed by atoms with van der Waals surface area (Å²) in [5.74, 6) is -1.94. The van der Waals surface area contributed by atoms with Gasteiger partial charge in [-0.05, 0) is 28.5 Å². The molecule has 5 rings (SSSR count). The molecule has 1 aliphatic heterocycles. The normalized spacial score (nSPS) is 15.2. The topological polar surface area (TPSA) is 89.3 Å². The predicted octanol–water partition coefficient (Wildman–Crippen LogP) is 5.04. The van der Waals surface area contributed by atoms with Crippen LogP contribution in [0.1, 0.15) is 27.7 Å². The van der Waals surface area contributed by atoms with Gasteiger partial charge in [-0.1, -0.05) is 54.6 Å². The molecule has 3 aromatic carbocycles. The first kappa shape index (κ1) is 22.9. The highest BCUT2D eigenvalue weighted by atomic mass is 32.2. The van der Waals surface area contributed by atoms with Crippen molar-refractivity contribution >= 4 is 34.3 Å². The molecule has 6 nitrogen and oxygen atoms in total. The van der Waals surface area contributed by atoms with Gasteiger partial charge < -0.3 is 5.11 Å². The molecule has 1 aliphatic rings. The molecule has 0 aliphatic carbocycles. The summed E-state index contributed by atoms with van der Waals surface area (Å²) in [6.45, 7) is 0. The second-order valence-electron chi connectivity index (χ2n) is 7.89. The maximum Gasteiger partial charge on any atom is 0.416 e. The van der Waals surface area contributed by atoms with Crippen molar-refractivity contribution in [2.45, 2.75) is 17.2 Å². The van der Waals surface area contributed by atoms with Gasteiger partial charge >= 0.3 is 17.8 Å². The summed E-state index contributed by atoms with van der Waals surface area (Å²) in [7, 11) is 0. The minimum atomic E-state index is -4.64. The van der Waals surface area contributed by atoms with Crippen LogP contribution in [0.25, 0.3) is 21.9 Å². The van der Waals surface area contributed by atoms with Crippen molar-refractivity contribution in [3.63, 3.8) is 0 Å². The summed E-state index contributed by atoms with van der Waals surface area (Å²) in [4.78, 5) is 42.3. The fourth-order valence-electron chi connectivity index (χ4n) is 4.17. The van der Waals surface area contributed by atoms with E-state index in [2.05, 4.69) is 4.98 Å². The third-order valence-electron chi connectivity index (χ3n) is 5.79. The van der Waals surface area contributed by atoms with Gasteiger partial charge in [0, 0.05) is 16.9 Å². The third-order valence-corrected chi connectivity index (χ3v) is 6.94. The Hall–Kier alpha value is -3.92. The van der Waals surface area contributed by atoms with Gasteiger partial charge in [0.05, 0.1) is 10.6 Å². The van der Waals surface area contributed by atoms with Crippen LogP contribution in [0.3, 0.4) is 0 Å². The first-order valence-corrected chi connectivity index (χ1v) is 11.4. The van der Waals surface area contributed by atoms with Gasteiger partial charge in [0.15, 0.2) is 0 Å². The molecular formula is C25H15F3N2O4S. The summed E-state index contributed by atoms with van der Waals surface area (Å²) in [6.07, 6.45) is -4.64. The van der Waals surface area contributed by atoms with E-state index < -0.39 is 35.2 Å². The highest BCUT2D eigenvalue weighted by Crippen LogP contribution is 2.42. The van der Waals surface area contributed by atoms with Crippen LogP contribution in [0.4, 0.5) is 13.2 Å². The number of alkyl halides is 3. The Kier molecular flexibility index (Phi) is 5.47.